The quantitative estimate of drug-likeness (QED) is 0.873. The molecule has 0 unspecified atom stereocenters. The molecular formula is C12H19N3O2. The Kier molecular flexibility index (Phi) is 2.93. The number of rotatable bonds is 3. The van der Waals surface area contributed by atoms with Crippen LogP contribution in [-0.4, -0.2) is 25.8 Å². The standard InChI is InChI=1S/C12H19N3O2/c1-8-13-14-10(9-6-4-5-7-9)15(8)12(2,3)11(16)17/h9H,4-7H2,1-3H3,(H,16,17). The molecule has 1 N–H and O–H groups in total. The fraction of sp³-hybridized carbons (Fsp3) is 0.750. The average molecular weight is 237 g/mol. The smallest absolute Gasteiger partial charge is 0.329 e. The van der Waals surface area contributed by atoms with Crippen LogP contribution in [0.15, 0.2) is 0 Å². The van der Waals surface area contributed by atoms with E-state index in [1.807, 2.05) is 6.92 Å². The van der Waals surface area contributed by atoms with Gasteiger partial charge in [0.05, 0.1) is 0 Å². The molecule has 1 fully saturated rings. The predicted octanol–water partition coefficient (Wildman–Crippen LogP) is 2.06. The summed E-state index contributed by atoms with van der Waals surface area (Å²) >= 11 is 0. The SMILES string of the molecule is Cc1nnc(C2CCCC2)n1C(C)(C)C(=O)O. The molecule has 1 aromatic rings. The van der Waals surface area contributed by atoms with E-state index in [1.54, 1.807) is 18.4 Å². The maximum atomic E-state index is 11.4. The van der Waals surface area contributed by atoms with Crippen molar-refractivity contribution >= 4 is 5.97 Å². The van der Waals surface area contributed by atoms with Crippen molar-refractivity contribution in [2.24, 2.45) is 0 Å². The van der Waals surface area contributed by atoms with Crippen molar-refractivity contribution in [3.05, 3.63) is 11.6 Å². The Labute approximate surface area is 101 Å². The maximum Gasteiger partial charge on any atom is 0.329 e. The van der Waals surface area contributed by atoms with Crippen LogP contribution in [0, 0.1) is 6.92 Å². The largest absolute Gasteiger partial charge is 0.480 e. The molecule has 0 aliphatic heterocycles. The van der Waals surface area contributed by atoms with Crippen LogP contribution in [0.1, 0.15) is 57.1 Å². The summed E-state index contributed by atoms with van der Waals surface area (Å²) in [5.41, 5.74) is -0.981. The number of aromatic nitrogens is 3. The molecule has 1 saturated carbocycles. The van der Waals surface area contributed by atoms with Crippen molar-refractivity contribution in [3.63, 3.8) is 0 Å². The summed E-state index contributed by atoms with van der Waals surface area (Å²) in [5, 5.41) is 17.6. The molecule has 5 nitrogen and oxygen atoms in total. The van der Waals surface area contributed by atoms with Gasteiger partial charge in [-0.15, -0.1) is 10.2 Å². The van der Waals surface area contributed by atoms with Gasteiger partial charge in [-0.05, 0) is 33.6 Å². The van der Waals surface area contributed by atoms with Crippen LogP contribution in [-0.2, 0) is 10.3 Å². The molecule has 5 heteroatoms. The minimum Gasteiger partial charge on any atom is -0.480 e. The number of aryl methyl sites for hydroxylation is 1. The van der Waals surface area contributed by atoms with Crippen molar-refractivity contribution in [3.8, 4) is 0 Å². The molecule has 0 spiro atoms. The van der Waals surface area contributed by atoms with Crippen LogP contribution < -0.4 is 0 Å². The van der Waals surface area contributed by atoms with Crippen molar-refractivity contribution in [2.75, 3.05) is 0 Å². The molecule has 1 heterocycles. The van der Waals surface area contributed by atoms with Gasteiger partial charge in [-0.2, -0.15) is 0 Å². The van der Waals surface area contributed by atoms with E-state index < -0.39 is 11.5 Å². The van der Waals surface area contributed by atoms with Crippen molar-refractivity contribution in [1.82, 2.24) is 14.8 Å². The van der Waals surface area contributed by atoms with Gasteiger partial charge in [0, 0.05) is 5.92 Å². The molecule has 0 saturated heterocycles. The maximum absolute atomic E-state index is 11.4. The lowest BCUT2D eigenvalue weighted by Crippen LogP contribution is -2.38. The molecule has 17 heavy (non-hydrogen) atoms. The number of aliphatic carboxylic acids is 1. The van der Waals surface area contributed by atoms with Crippen LogP contribution in [0.4, 0.5) is 0 Å². The first kappa shape index (κ1) is 12.1. The van der Waals surface area contributed by atoms with Gasteiger partial charge in [0.25, 0.3) is 0 Å². The molecule has 1 aliphatic rings. The highest BCUT2D eigenvalue weighted by Crippen LogP contribution is 2.35. The lowest BCUT2D eigenvalue weighted by atomic mass is 10.0. The van der Waals surface area contributed by atoms with Crippen LogP contribution in [0.3, 0.4) is 0 Å². The Morgan fingerprint density at radius 1 is 1.35 bits per heavy atom. The Balaban J connectivity index is 2.45. The molecule has 0 atom stereocenters. The monoisotopic (exact) mass is 237 g/mol. The second-order valence-corrected chi connectivity index (χ2v) is 5.29. The van der Waals surface area contributed by atoms with E-state index in [1.165, 1.54) is 12.8 Å². The van der Waals surface area contributed by atoms with Gasteiger partial charge < -0.3 is 5.11 Å². The number of hydrogen-bond donors (Lipinski definition) is 1. The van der Waals surface area contributed by atoms with E-state index in [0.717, 1.165) is 18.7 Å². The molecule has 94 valence electrons. The average Bonchev–Trinajstić information content (AvgIpc) is 2.85. The topological polar surface area (TPSA) is 68.0 Å². The van der Waals surface area contributed by atoms with Crippen LogP contribution in [0.25, 0.3) is 0 Å². The second kappa shape index (κ2) is 4.13. The first-order valence-electron chi connectivity index (χ1n) is 6.10. The fourth-order valence-corrected chi connectivity index (χ4v) is 2.61. The third kappa shape index (κ3) is 1.94. The van der Waals surface area contributed by atoms with Crippen molar-refractivity contribution in [2.45, 2.75) is 57.9 Å². The molecule has 0 amide bonds. The zero-order valence-corrected chi connectivity index (χ0v) is 10.6. The summed E-state index contributed by atoms with van der Waals surface area (Å²) in [6.45, 7) is 5.21. The van der Waals surface area contributed by atoms with Gasteiger partial charge in [-0.1, -0.05) is 12.8 Å². The number of carboxylic acids is 1. The molecular weight excluding hydrogens is 218 g/mol. The number of carboxylic acid groups (broad SMARTS) is 1. The number of nitrogens with zero attached hydrogens (tertiary/aromatic N) is 3. The van der Waals surface area contributed by atoms with E-state index in [0.29, 0.717) is 11.7 Å². The van der Waals surface area contributed by atoms with E-state index in [-0.39, 0.29) is 0 Å². The number of carbonyl (C=O) groups is 1. The van der Waals surface area contributed by atoms with E-state index in [4.69, 9.17) is 0 Å². The van der Waals surface area contributed by atoms with Crippen molar-refractivity contribution < 1.29 is 9.90 Å². The summed E-state index contributed by atoms with van der Waals surface area (Å²) in [4.78, 5) is 11.4. The van der Waals surface area contributed by atoms with E-state index >= 15 is 0 Å². The van der Waals surface area contributed by atoms with Crippen LogP contribution in [0.5, 0.6) is 0 Å². The Hall–Kier alpha value is -1.39. The molecule has 2 rings (SSSR count). The summed E-state index contributed by atoms with van der Waals surface area (Å²) in [6.07, 6.45) is 4.58. The first-order valence-corrected chi connectivity index (χ1v) is 6.10. The Morgan fingerprint density at radius 3 is 2.47 bits per heavy atom. The van der Waals surface area contributed by atoms with Crippen molar-refractivity contribution in [1.29, 1.82) is 0 Å². The zero-order chi connectivity index (χ0) is 12.6. The van der Waals surface area contributed by atoms with E-state index in [2.05, 4.69) is 10.2 Å². The molecule has 0 aromatic carbocycles. The summed E-state index contributed by atoms with van der Waals surface area (Å²) in [7, 11) is 0. The minimum absolute atomic E-state index is 0.370. The van der Waals surface area contributed by atoms with Crippen LogP contribution in [0.2, 0.25) is 0 Å². The lowest BCUT2D eigenvalue weighted by molar-refractivity contribution is -0.145. The van der Waals surface area contributed by atoms with Gasteiger partial charge in [0.2, 0.25) is 0 Å². The predicted molar refractivity (Wildman–Crippen MR) is 62.9 cm³/mol. The fourth-order valence-electron chi connectivity index (χ4n) is 2.61. The third-order valence-corrected chi connectivity index (χ3v) is 3.65. The zero-order valence-electron chi connectivity index (χ0n) is 10.6. The van der Waals surface area contributed by atoms with Crippen LogP contribution >= 0.6 is 0 Å². The molecule has 1 aliphatic carbocycles. The Morgan fingerprint density at radius 2 is 1.94 bits per heavy atom. The lowest BCUT2D eigenvalue weighted by Gasteiger charge is -2.25. The molecule has 1 aromatic heterocycles. The van der Waals surface area contributed by atoms with Gasteiger partial charge >= 0.3 is 5.97 Å². The minimum atomic E-state index is -0.981. The first-order chi connectivity index (χ1) is 7.94. The highest BCUT2D eigenvalue weighted by molar-refractivity contribution is 5.75. The highest BCUT2D eigenvalue weighted by Gasteiger charge is 2.36. The normalized spacial score (nSPS) is 17.6. The number of hydrogen-bond acceptors (Lipinski definition) is 3. The summed E-state index contributed by atoms with van der Waals surface area (Å²) in [5.74, 6) is 1.04. The third-order valence-electron chi connectivity index (χ3n) is 3.65. The highest BCUT2D eigenvalue weighted by atomic mass is 16.4. The van der Waals surface area contributed by atoms with Gasteiger partial charge in [0.15, 0.2) is 0 Å². The van der Waals surface area contributed by atoms with Gasteiger partial charge in [-0.3, -0.25) is 4.57 Å². The second-order valence-electron chi connectivity index (χ2n) is 5.29. The summed E-state index contributed by atoms with van der Waals surface area (Å²) < 4.78 is 1.78. The molecule has 0 bridgehead atoms. The summed E-state index contributed by atoms with van der Waals surface area (Å²) in [6, 6.07) is 0. The van der Waals surface area contributed by atoms with Gasteiger partial charge in [-0.25, -0.2) is 4.79 Å². The Bertz CT molecular complexity index is 431. The van der Waals surface area contributed by atoms with E-state index in [9.17, 15) is 9.90 Å². The molecule has 0 radical (unpaired) electrons. The van der Waals surface area contributed by atoms with Gasteiger partial charge in [0.1, 0.15) is 17.2 Å².